The van der Waals surface area contributed by atoms with Crippen molar-refractivity contribution in [3.8, 4) is 5.75 Å². The molecule has 2 atom stereocenters. The second kappa shape index (κ2) is 10.1. The van der Waals surface area contributed by atoms with Crippen LogP contribution in [0.5, 0.6) is 5.75 Å². The number of piperidine rings is 1. The number of nitrogens with zero attached hydrogens (tertiary/aromatic N) is 1. The highest BCUT2D eigenvalue weighted by Crippen LogP contribution is 2.38. The fourth-order valence-electron chi connectivity index (χ4n) is 4.25. The third kappa shape index (κ3) is 5.35. The molecular formula is C26H26BrNO3. The Morgan fingerprint density at radius 3 is 2.48 bits per heavy atom. The fraction of sp³-hybridized carbons (Fsp3) is 0.269. The van der Waals surface area contributed by atoms with Crippen LogP contribution in [-0.2, 0) is 11.4 Å². The minimum atomic E-state index is -0.715. The molecule has 2 unspecified atom stereocenters. The average Bonchev–Trinajstić information content (AvgIpc) is 2.81. The summed E-state index contributed by atoms with van der Waals surface area (Å²) in [6, 6.07) is 26.4. The number of ether oxygens (including phenoxy) is 1. The summed E-state index contributed by atoms with van der Waals surface area (Å²) in [7, 11) is 0. The Morgan fingerprint density at radius 2 is 1.74 bits per heavy atom. The first kappa shape index (κ1) is 21.6. The summed E-state index contributed by atoms with van der Waals surface area (Å²) in [5.41, 5.74) is 3.30. The first-order valence-corrected chi connectivity index (χ1v) is 11.4. The van der Waals surface area contributed by atoms with Gasteiger partial charge in [0.1, 0.15) is 12.4 Å². The van der Waals surface area contributed by atoms with Crippen molar-refractivity contribution in [3.05, 3.63) is 100 Å². The molecule has 3 aromatic carbocycles. The molecule has 0 saturated carbocycles. The maximum atomic E-state index is 11.7. The van der Waals surface area contributed by atoms with E-state index in [1.165, 1.54) is 0 Å². The molecule has 1 heterocycles. The lowest BCUT2D eigenvalue weighted by molar-refractivity contribution is -0.143. The van der Waals surface area contributed by atoms with Crippen LogP contribution in [-0.4, -0.2) is 29.1 Å². The van der Waals surface area contributed by atoms with Crippen molar-refractivity contribution >= 4 is 21.9 Å². The summed E-state index contributed by atoms with van der Waals surface area (Å²) in [5, 5.41) is 9.62. The number of halogens is 1. The molecular weight excluding hydrogens is 454 g/mol. The van der Waals surface area contributed by atoms with Gasteiger partial charge in [-0.05, 0) is 48.7 Å². The van der Waals surface area contributed by atoms with Crippen LogP contribution in [0.1, 0.15) is 35.6 Å². The number of hydrogen-bond acceptors (Lipinski definition) is 3. The van der Waals surface area contributed by atoms with E-state index in [-0.39, 0.29) is 12.0 Å². The van der Waals surface area contributed by atoms with Crippen LogP contribution in [0.25, 0.3) is 0 Å². The minimum Gasteiger partial charge on any atom is -0.489 e. The Balaban J connectivity index is 1.68. The van der Waals surface area contributed by atoms with Gasteiger partial charge in [0.25, 0.3) is 0 Å². The molecule has 1 aliphatic heterocycles. The van der Waals surface area contributed by atoms with Crippen LogP contribution in [0.15, 0.2) is 83.3 Å². The monoisotopic (exact) mass is 479 g/mol. The summed E-state index contributed by atoms with van der Waals surface area (Å²) in [6.07, 6.45) is 1.60. The SMILES string of the molecule is O=C(O)C1CCCN(C(c2ccc(Br)cc2)c2ccccc2OCc2ccccc2)C1. The topological polar surface area (TPSA) is 49.8 Å². The molecule has 4 nitrogen and oxygen atoms in total. The molecule has 0 spiro atoms. The number of likely N-dealkylation sites (tertiary alicyclic amines) is 1. The van der Waals surface area contributed by atoms with Gasteiger partial charge in [0.15, 0.2) is 0 Å². The van der Waals surface area contributed by atoms with E-state index in [1.807, 2.05) is 48.5 Å². The maximum absolute atomic E-state index is 11.7. The van der Waals surface area contributed by atoms with Gasteiger partial charge in [-0.25, -0.2) is 0 Å². The van der Waals surface area contributed by atoms with Crippen molar-refractivity contribution in [3.63, 3.8) is 0 Å². The van der Waals surface area contributed by atoms with E-state index in [2.05, 4.69) is 51.2 Å². The Hall–Kier alpha value is -2.63. The average molecular weight is 480 g/mol. The highest BCUT2D eigenvalue weighted by Gasteiger charge is 2.32. The molecule has 1 aliphatic rings. The molecule has 0 bridgehead atoms. The van der Waals surface area contributed by atoms with Crippen LogP contribution in [0.3, 0.4) is 0 Å². The molecule has 4 rings (SSSR count). The fourth-order valence-corrected chi connectivity index (χ4v) is 4.51. The van der Waals surface area contributed by atoms with Gasteiger partial charge < -0.3 is 9.84 Å². The molecule has 1 fully saturated rings. The normalized spacial score (nSPS) is 17.8. The van der Waals surface area contributed by atoms with Crippen LogP contribution < -0.4 is 4.74 Å². The largest absolute Gasteiger partial charge is 0.489 e. The van der Waals surface area contributed by atoms with Crippen LogP contribution >= 0.6 is 15.9 Å². The number of aliphatic carboxylic acids is 1. The zero-order valence-electron chi connectivity index (χ0n) is 17.3. The van der Waals surface area contributed by atoms with Gasteiger partial charge in [0, 0.05) is 16.6 Å². The van der Waals surface area contributed by atoms with E-state index in [4.69, 9.17) is 4.74 Å². The van der Waals surface area contributed by atoms with Crippen molar-refractivity contribution in [1.82, 2.24) is 4.90 Å². The standard InChI is InChI=1S/C26H26BrNO3/c27-22-14-12-20(13-15-22)25(28-16-6-9-21(17-28)26(29)30)23-10-4-5-11-24(23)31-18-19-7-2-1-3-8-19/h1-5,7-8,10-15,21,25H,6,9,16-18H2,(H,29,30). The van der Waals surface area contributed by atoms with E-state index in [1.54, 1.807) is 0 Å². The van der Waals surface area contributed by atoms with Crippen molar-refractivity contribution in [2.75, 3.05) is 13.1 Å². The molecule has 0 amide bonds. The van der Waals surface area contributed by atoms with Crippen molar-refractivity contribution in [2.24, 2.45) is 5.92 Å². The van der Waals surface area contributed by atoms with Gasteiger partial charge in [-0.15, -0.1) is 0 Å². The van der Waals surface area contributed by atoms with Gasteiger partial charge in [0.05, 0.1) is 12.0 Å². The molecule has 0 radical (unpaired) electrons. The van der Waals surface area contributed by atoms with Gasteiger partial charge >= 0.3 is 5.97 Å². The Labute approximate surface area is 191 Å². The van der Waals surface area contributed by atoms with Crippen LogP contribution in [0, 0.1) is 5.92 Å². The van der Waals surface area contributed by atoms with E-state index in [0.29, 0.717) is 13.2 Å². The van der Waals surface area contributed by atoms with Gasteiger partial charge in [-0.1, -0.05) is 76.6 Å². The van der Waals surface area contributed by atoms with E-state index >= 15 is 0 Å². The molecule has 160 valence electrons. The number of carboxylic acids is 1. The van der Waals surface area contributed by atoms with Gasteiger partial charge in [-0.2, -0.15) is 0 Å². The molecule has 1 saturated heterocycles. The highest BCUT2D eigenvalue weighted by atomic mass is 79.9. The van der Waals surface area contributed by atoms with E-state index in [0.717, 1.165) is 46.3 Å². The molecule has 3 aromatic rings. The quantitative estimate of drug-likeness (QED) is 0.457. The summed E-state index contributed by atoms with van der Waals surface area (Å²) in [5.74, 6) is -0.228. The molecule has 1 N–H and O–H groups in total. The van der Waals surface area contributed by atoms with E-state index < -0.39 is 5.97 Å². The summed E-state index contributed by atoms with van der Waals surface area (Å²) < 4.78 is 7.28. The van der Waals surface area contributed by atoms with Gasteiger partial charge in [-0.3, -0.25) is 9.69 Å². The van der Waals surface area contributed by atoms with E-state index in [9.17, 15) is 9.90 Å². The molecule has 0 aromatic heterocycles. The zero-order chi connectivity index (χ0) is 21.6. The number of rotatable bonds is 7. The third-order valence-corrected chi connectivity index (χ3v) is 6.33. The van der Waals surface area contributed by atoms with Crippen LogP contribution in [0.2, 0.25) is 0 Å². The van der Waals surface area contributed by atoms with Crippen molar-refractivity contribution in [2.45, 2.75) is 25.5 Å². The number of carboxylic acid groups (broad SMARTS) is 1. The summed E-state index contributed by atoms with van der Waals surface area (Å²) in [6.45, 7) is 1.88. The molecule has 5 heteroatoms. The predicted molar refractivity (Wildman–Crippen MR) is 125 cm³/mol. The van der Waals surface area contributed by atoms with Crippen molar-refractivity contribution in [1.29, 1.82) is 0 Å². The smallest absolute Gasteiger partial charge is 0.307 e. The second-order valence-corrected chi connectivity index (χ2v) is 8.85. The number of carbonyl (C=O) groups is 1. The summed E-state index contributed by atoms with van der Waals surface area (Å²) >= 11 is 3.52. The first-order chi connectivity index (χ1) is 15.1. The summed E-state index contributed by atoms with van der Waals surface area (Å²) in [4.78, 5) is 14.0. The Morgan fingerprint density at radius 1 is 1.03 bits per heavy atom. The Bertz CT molecular complexity index is 1010. The molecule has 31 heavy (non-hydrogen) atoms. The highest BCUT2D eigenvalue weighted by molar-refractivity contribution is 9.10. The first-order valence-electron chi connectivity index (χ1n) is 10.6. The number of hydrogen-bond donors (Lipinski definition) is 1. The number of benzene rings is 3. The van der Waals surface area contributed by atoms with Crippen LogP contribution in [0.4, 0.5) is 0 Å². The lowest BCUT2D eigenvalue weighted by atomic mass is 9.91. The second-order valence-electron chi connectivity index (χ2n) is 7.94. The minimum absolute atomic E-state index is 0.0674. The lowest BCUT2D eigenvalue weighted by Gasteiger charge is -2.38. The third-order valence-electron chi connectivity index (χ3n) is 5.80. The lowest BCUT2D eigenvalue weighted by Crippen LogP contribution is -2.41. The predicted octanol–water partition coefficient (Wildman–Crippen LogP) is 5.91. The Kier molecular flexibility index (Phi) is 7.05. The van der Waals surface area contributed by atoms with Crippen molar-refractivity contribution < 1.29 is 14.6 Å². The number of para-hydroxylation sites is 1. The molecule has 0 aliphatic carbocycles. The zero-order valence-corrected chi connectivity index (χ0v) is 18.9. The maximum Gasteiger partial charge on any atom is 0.307 e. The van der Waals surface area contributed by atoms with Gasteiger partial charge in [0.2, 0.25) is 0 Å².